The molecule has 2 aromatic heterocycles. The fourth-order valence-corrected chi connectivity index (χ4v) is 2.85. The maximum atomic E-state index is 12.5. The normalized spacial score (nSPS) is 11.0. The number of halogens is 1. The smallest absolute Gasteiger partial charge is 0.290 e. The van der Waals surface area contributed by atoms with Crippen molar-refractivity contribution < 1.29 is 14.0 Å². The summed E-state index contributed by atoms with van der Waals surface area (Å²) < 4.78 is 7.21. The molecule has 2 heterocycles. The van der Waals surface area contributed by atoms with Crippen LogP contribution in [0, 0.1) is 3.77 Å². The van der Waals surface area contributed by atoms with Gasteiger partial charge in [0.1, 0.15) is 5.76 Å². The van der Waals surface area contributed by atoms with Crippen LogP contribution in [-0.2, 0) is 11.3 Å². The molecule has 0 unspecified atom stereocenters. The van der Waals surface area contributed by atoms with E-state index < -0.39 is 11.8 Å². The van der Waals surface area contributed by atoms with Crippen molar-refractivity contribution in [2.75, 3.05) is 0 Å². The summed E-state index contributed by atoms with van der Waals surface area (Å²) in [6, 6.07) is 10.2. The maximum absolute atomic E-state index is 12.5. The van der Waals surface area contributed by atoms with Gasteiger partial charge in [-0.2, -0.15) is 5.10 Å². The second kappa shape index (κ2) is 8.16. The molecule has 0 radical (unpaired) electrons. The van der Waals surface area contributed by atoms with Crippen molar-refractivity contribution >= 4 is 51.3 Å². The molecule has 9 heteroatoms. The minimum Gasteiger partial charge on any atom is -0.451 e. The largest absolute Gasteiger partial charge is 0.451 e. The van der Waals surface area contributed by atoms with Gasteiger partial charge >= 0.3 is 0 Å². The number of nitrogens with one attached hydrogen (secondary N) is 2. The molecule has 3 rings (SSSR count). The molecular weight excluding hydrogens is 463 g/mol. The van der Waals surface area contributed by atoms with E-state index in [2.05, 4.69) is 16.0 Å². The molecule has 0 atom stereocenters. The zero-order valence-electron chi connectivity index (χ0n) is 14.2. The number of furan rings is 1. The molecule has 0 aliphatic rings. The third kappa shape index (κ3) is 4.25. The van der Waals surface area contributed by atoms with Crippen molar-refractivity contribution in [1.82, 2.24) is 20.6 Å². The van der Waals surface area contributed by atoms with Crippen LogP contribution in [0.5, 0.6) is 0 Å². The molecule has 27 heavy (non-hydrogen) atoms. The zero-order chi connectivity index (χ0) is 19.4. The average molecular weight is 478 g/mol. The summed E-state index contributed by atoms with van der Waals surface area (Å²) in [6.07, 6.45) is 2.71. The predicted molar refractivity (Wildman–Crippen MR) is 108 cm³/mol. The summed E-state index contributed by atoms with van der Waals surface area (Å²) in [4.78, 5) is 36.6. The van der Waals surface area contributed by atoms with Crippen molar-refractivity contribution in [3.8, 4) is 0 Å². The lowest BCUT2D eigenvalue weighted by atomic mass is 10.1. The van der Waals surface area contributed by atoms with Crippen LogP contribution in [0.2, 0.25) is 0 Å². The number of amides is 2. The Morgan fingerprint density at radius 2 is 1.93 bits per heavy atom. The third-order valence-electron chi connectivity index (χ3n) is 3.67. The van der Waals surface area contributed by atoms with Crippen LogP contribution in [-0.4, -0.2) is 21.6 Å². The Morgan fingerprint density at radius 3 is 2.59 bits per heavy atom. The van der Waals surface area contributed by atoms with E-state index >= 15 is 0 Å². The first kappa shape index (κ1) is 18.8. The summed E-state index contributed by atoms with van der Waals surface area (Å²) in [7, 11) is 0. The lowest BCUT2D eigenvalue weighted by Gasteiger charge is -2.10. The van der Waals surface area contributed by atoms with Gasteiger partial charge < -0.3 is 4.42 Å². The molecule has 0 bridgehead atoms. The van der Waals surface area contributed by atoms with Crippen molar-refractivity contribution in [1.29, 1.82) is 0 Å². The van der Waals surface area contributed by atoms with Gasteiger partial charge in [-0.25, -0.2) is 4.68 Å². The Bertz CT molecular complexity index is 1100. The van der Waals surface area contributed by atoms with E-state index in [9.17, 15) is 14.4 Å². The number of benzene rings is 1. The molecule has 0 fully saturated rings. The quantitative estimate of drug-likeness (QED) is 0.340. The van der Waals surface area contributed by atoms with E-state index in [0.29, 0.717) is 26.8 Å². The van der Waals surface area contributed by atoms with Crippen LogP contribution in [0.4, 0.5) is 0 Å². The second-order valence-corrected chi connectivity index (χ2v) is 6.50. The van der Waals surface area contributed by atoms with E-state index in [-0.39, 0.29) is 11.3 Å². The van der Waals surface area contributed by atoms with E-state index in [1.807, 2.05) is 22.6 Å². The highest BCUT2D eigenvalue weighted by Crippen LogP contribution is 2.13. The Morgan fingerprint density at radius 1 is 1.19 bits per heavy atom. The minimum atomic E-state index is -0.623. The van der Waals surface area contributed by atoms with Gasteiger partial charge in [0.2, 0.25) is 0 Å². The molecular formula is C18H15IN4O4. The molecule has 2 N–H and O–H groups in total. The SMILES string of the molecule is CCn1nc(C(=O)NNC(=O)/C=C/c2ccc(I)o2)c2ccccc2c1=O. The number of hydrazine groups is 1. The van der Waals surface area contributed by atoms with Gasteiger partial charge in [0, 0.05) is 18.0 Å². The Balaban J connectivity index is 1.76. The molecule has 0 aliphatic heterocycles. The fourth-order valence-electron chi connectivity index (χ4n) is 2.41. The van der Waals surface area contributed by atoms with Crippen molar-refractivity contribution in [3.63, 3.8) is 0 Å². The Kier molecular flexibility index (Phi) is 5.69. The number of hydrogen-bond acceptors (Lipinski definition) is 5. The summed E-state index contributed by atoms with van der Waals surface area (Å²) in [6.45, 7) is 2.08. The van der Waals surface area contributed by atoms with Crippen LogP contribution in [0.25, 0.3) is 16.8 Å². The number of aromatic nitrogens is 2. The third-order valence-corrected chi connectivity index (χ3v) is 4.25. The number of fused-ring (bicyclic) bond motifs is 1. The van der Waals surface area contributed by atoms with Crippen LogP contribution < -0.4 is 16.4 Å². The van der Waals surface area contributed by atoms with Gasteiger partial charge in [-0.3, -0.25) is 25.2 Å². The molecule has 0 saturated heterocycles. The topological polar surface area (TPSA) is 106 Å². The molecule has 2 amide bonds. The van der Waals surface area contributed by atoms with Crippen LogP contribution in [0.1, 0.15) is 23.2 Å². The first-order valence-corrected chi connectivity index (χ1v) is 9.11. The van der Waals surface area contributed by atoms with Gasteiger partial charge in [-0.15, -0.1) is 0 Å². The standard InChI is InChI=1S/C18H15IN4O4/c1-2-23-18(26)13-6-4-3-5-12(13)16(22-23)17(25)21-20-15(24)10-8-11-7-9-14(19)27-11/h3-10H,2H2,1H3,(H,20,24)(H,21,25)/b10-8+. The molecule has 3 aromatic rings. The highest BCUT2D eigenvalue weighted by molar-refractivity contribution is 14.1. The second-order valence-electron chi connectivity index (χ2n) is 5.43. The average Bonchev–Trinajstić information content (AvgIpc) is 3.10. The first-order chi connectivity index (χ1) is 13.0. The summed E-state index contributed by atoms with van der Waals surface area (Å²) in [5.41, 5.74) is 4.36. The molecule has 0 saturated carbocycles. The molecule has 0 aliphatic carbocycles. The minimum absolute atomic E-state index is 0.0527. The van der Waals surface area contributed by atoms with E-state index in [4.69, 9.17) is 4.42 Å². The van der Waals surface area contributed by atoms with E-state index in [1.165, 1.54) is 16.8 Å². The number of carbonyl (C=O) groups is 2. The number of carbonyl (C=O) groups excluding carboxylic acids is 2. The van der Waals surface area contributed by atoms with Crippen LogP contribution >= 0.6 is 22.6 Å². The van der Waals surface area contributed by atoms with Crippen LogP contribution in [0.15, 0.2) is 51.7 Å². The molecule has 138 valence electrons. The number of nitrogens with zero attached hydrogens (tertiary/aromatic N) is 2. The highest BCUT2D eigenvalue weighted by atomic mass is 127. The van der Waals surface area contributed by atoms with Gasteiger partial charge in [-0.1, -0.05) is 18.2 Å². The Hall–Kier alpha value is -2.95. The highest BCUT2D eigenvalue weighted by Gasteiger charge is 2.16. The van der Waals surface area contributed by atoms with Crippen molar-refractivity contribution in [2.24, 2.45) is 0 Å². The number of aryl methyl sites for hydroxylation is 1. The van der Waals surface area contributed by atoms with E-state index in [1.54, 1.807) is 43.3 Å². The first-order valence-electron chi connectivity index (χ1n) is 8.03. The van der Waals surface area contributed by atoms with Crippen molar-refractivity contribution in [2.45, 2.75) is 13.5 Å². The fraction of sp³-hybridized carbons (Fsp3) is 0.111. The number of hydrogen-bond donors (Lipinski definition) is 2. The van der Waals surface area contributed by atoms with Gasteiger partial charge in [-0.05, 0) is 53.8 Å². The molecule has 0 spiro atoms. The molecule has 8 nitrogen and oxygen atoms in total. The summed E-state index contributed by atoms with van der Waals surface area (Å²) >= 11 is 2.01. The zero-order valence-corrected chi connectivity index (χ0v) is 16.4. The predicted octanol–water partition coefficient (Wildman–Crippen LogP) is 2.09. The van der Waals surface area contributed by atoms with Gasteiger partial charge in [0.15, 0.2) is 9.46 Å². The van der Waals surface area contributed by atoms with Gasteiger partial charge in [0.05, 0.1) is 5.39 Å². The lowest BCUT2D eigenvalue weighted by molar-refractivity contribution is -0.117. The lowest BCUT2D eigenvalue weighted by Crippen LogP contribution is -2.42. The van der Waals surface area contributed by atoms with Crippen molar-refractivity contribution in [3.05, 3.63) is 68.0 Å². The summed E-state index contributed by atoms with van der Waals surface area (Å²) in [5, 5.41) is 4.90. The summed E-state index contributed by atoms with van der Waals surface area (Å²) in [5.74, 6) is -0.644. The molecule has 1 aromatic carbocycles. The van der Waals surface area contributed by atoms with Gasteiger partial charge in [0.25, 0.3) is 17.4 Å². The Labute approximate surface area is 167 Å². The van der Waals surface area contributed by atoms with Crippen LogP contribution in [0.3, 0.4) is 0 Å². The monoisotopic (exact) mass is 478 g/mol. The maximum Gasteiger partial charge on any atom is 0.290 e. The number of rotatable bonds is 4. The van der Waals surface area contributed by atoms with E-state index in [0.717, 1.165) is 0 Å².